The summed E-state index contributed by atoms with van der Waals surface area (Å²) in [6.07, 6.45) is 3.16. The summed E-state index contributed by atoms with van der Waals surface area (Å²) in [7, 11) is 1.88. The highest BCUT2D eigenvalue weighted by molar-refractivity contribution is 6.04. The summed E-state index contributed by atoms with van der Waals surface area (Å²) in [5.74, 6) is 0.335. The minimum Gasteiger partial charge on any atom is -0.471 e. The van der Waals surface area contributed by atoms with Crippen LogP contribution in [0.15, 0.2) is 36.7 Å². The number of amides is 2. The van der Waals surface area contributed by atoms with Gasteiger partial charge in [-0.15, -0.1) is 0 Å². The van der Waals surface area contributed by atoms with E-state index >= 15 is 0 Å². The number of piperazine rings is 1. The Labute approximate surface area is 180 Å². The molecular formula is C22H25N5O4. The van der Waals surface area contributed by atoms with E-state index < -0.39 is 6.09 Å². The van der Waals surface area contributed by atoms with E-state index in [1.165, 1.54) is 4.90 Å². The Balaban J connectivity index is 1.52. The number of aryl methyl sites for hydroxylation is 2. The van der Waals surface area contributed by atoms with Gasteiger partial charge in [-0.2, -0.15) is 4.98 Å². The first kappa shape index (κ1) is 20.6. The first-order valence-corrected chi connectivity index (χ1v) is 10.2. The van der Waals surface area contributed by atoms with Gasteiger partial charge in [0.05, 0.1) is 18.0 Å². The SMILES string of the molecule is CCOC(=O)N1CCN(c2cn(C)c3nc(OCc4ncccc4C)ccc23)C(=O)C1. The molecule has 3 aromatic rings. The lowest BCUT2D eigenvalue weighted by atomic mass is 10.2. The van der Waals surface area contributed by atoms with Gasteiger partial charge in [-0.25, -0.2) is 4.79 Å². The van der Waals surface area contributed by atoms with Crippen LogP contribution >= 0.6 is 0 Å². The lowest BCUT2D eigenvalue weighted by Crippen LogP contribution is -2.52. The van der Waals surface area contributed by atoms with Crippen molar-refractivity contribution in [1.29, 1.82) is 0 Å². The molecular weight excluding hydrogens is 398 g/mol. The highest BCUT2D eigenvalue weighted by atomic mass is 16.6. The lowest BCUT2D eigenvalue weighted by Gasteiger charge is -2.33. The second kappa shape index (κ2) is 8.63. The van der Waals surface area contributed by atoms with Crippen molar-refractivity contribution in [2.45, 2.75) is 20.5 Å². The zero-order chi connectivity index (χ0) is 22.0. The van der Waals surface area contributed by atoms with Crippen molar-refractivity contribution >= 4 is 28.7 Å². The summed E-state index contributed by atoms with van der Waals surface area (Å²) in [5, 5.41) is 0.849. The number of hydrogen-bond donors (Lipinski definition) is 0. The molecule has 0 saturated carbocycles. The molecule has 0 unspecified atom stereocenters. The molecule has 1 aliphatic rings. The number of fused-ring (bicyclic) bond motifs is 1. The predicted molar refractivity (Wildman–Crippen MR) is 115 cm³/mol. The van der Waals surface area contributed by atoms with E-state index in [1.807, 2.05) is 42.9 Å². The Morgan fingerprint density at radius 1 is 1.23 bits per heavy atom. The lowest BCUT2D eigenvalue weighted by molar-refractivity contribution is -0.120. The van der Waals surface area contributed by atoms with Crippen molar-refractivity contribution in [3.8, 4) is 5.88 Å². The van der Waals surface area contributed by atoms with Crippen molar-refractivity contribution in [2.24, 2.45) is 7.05 Å². The van der Waals surface area contributed by atoms with Gasteiger partial charge < -0.3 is 18.9 Å². The summed E-state index contributed by atoms with van der Waals surface area (Å²) >= 11 is 0. The molecule has 0 atom stereocenters. The molecule has 0 spiro atoms. The first-order chi connectivity index (χ1) is 15.0. The smallest absolute Gasteiger partial charge is 0.410 e. The summed E-state index contributed by atoms with van der Waals surface area (Å²) in [6.45, 7) is 5.16. The van der Waals surface area contributed by atoms with Crippen molar-refractivity contribution in [3.05, 3.63) is 47.9 Å². The van der Waals surface area contributed by atoms with Crippen molar-refractivity contribution in [3.63, 3.8) is 0 Å². The van der Waals surface area contributed by atoms with Crippen LogP contribution in [0.2, 0.25) is 0 Å². The zero-order valence-electron chi connectivity index (χ0n) is 17.9. The van der Waals surface area contributed by atoms with Gasteiger partial charge in [0.15, 0.2) is 0 Å². The first-order valence-electron chi connectivity index (χ1n) is 10.2. The van der Waals surface area contributed by atoms with E-state index in [1.54, 1.807) is 24.1 Å². The van der Waals surface area contributed by atoms with E-state index in [4.69, 9.17) is 9.47 Å². The highest BCUT2D eigenvalue weighted by Gasteiger charge is 2.30. The Hall–Kier alpha value is -3.62. The van der Waals surface area contributed by atoms with Crippen LogP contribution in [0.3, 0.4) is 0 Å². The topological polar surface area (TPSA) is 89.8 Å². The number of anilines is 1. The number of rotatable bonds is 5. The van der Waals surface area contributed by atoms with E-state index in [0.29, 0.717) is 31.2 Å². The number of carbonyl (C=O) groups excluding carboxylic acids is 2. The minimum absolute atomic E-state index is 0.00668. The second-order valence-electron chi connectivity index (χ2n) is 7.37. The molecule has 4 heterocycles. The van der Waals surface area contributed by atoms with E-state index in [-0.39, 0.29) is 19.1 Å². The number of carbonyl (C=O) groups is 2. The van der Waals surface area contributed by atoms with Gasteiger partial charge in [-0.05, 0) is 31.5 Å². The second-order valence-corrected chi connectivity index (χ2v) is 7.37. The summed E-state index contributed by atoms with van der Waals surface area (Å²) in [5.41, 5.74) is 3.41. The van der Waals surface area contributed by atoms with Crippen molar-refractivity contribution < 1.29 is 19.1 Å². The van der Waals surface area contributed by atoms with Crippen LogP contribution in [-0.2, 0) is 23.2 Å². The number of aromatic nitrogens is 3. The molecule has 2 amide bonds. The molecule has 0 bridgehead atoms. The largest absolute Gasteiger partial charge is 0.471 e. The van der Waals surface area contributed by atoms with Gasteiger partial charge in [0, 0.05) is 44.0 Å². The molecule has 31 heavy (non-hydrogen) atoms. The zero-order valence-corrected chi connectivity index (χ0v) is 17.9. The molecule has 4 rings (SSSR count). The Kier molecular flexibility index (Phi) is 5.75. The maximum Gasteiger partial charge on any atom is 0.410 e. The van der Waals surface area contributed by atoms with Crippen LogP contribution in [0.1, 0.15) is 18.2 Å². The molecule has 9 heteroatoms. The number of pyridine rings is 2. The predicted octanol–water partition coefficient (Wildman–Crippen LogP) is 2.66. The van der Waals surface area contributed by atoms with Gasteiger partial charge in [0.1, 0.15) is 18.8 Å². The van der Waals surface area contributed by atoms with E-state index in [0.717, 1.165) is 22.3 Å². The maximum absolute atomic E-state index is 12.7. The van der Waals surface area contributed by atoms with Gasteiger partial charge in [0.25, 0.3) is 0 Å². The molecule has 3 aromatic heterocycles. The van der Waals surface area contributed by atoms with Crippen LogP contribution in [0.4, 0.5) is 10.5 Å². The van der Waals surface area contributed by atoms with Gasteiger partial charge in [-0.1, -0.05) is 6.07 Å². The molecule has 9 nitrogen and oxygen atoms in total. The molecule has 0 radical (unpaired) electrons. The molecule has 1 saturated heterocycles. The molecule has 0 aliphatic carbocycles. The van der Waals surface area contributed by atoms with E-state index in [9.17, 15) is 9.59 Å². The minimum atomic E-state index is -0.458. The van der Waals surface area contributed by atoms with E-state index in [2.05, 4.69) is 9.97 Å². The molecule has 1 fully saturated rings. The third kappa shape index (κ3) is 4.16. The standard InChI is InChI=1S/C22H25N5O4/c1-4-30-22(29)26-10-11-27(20(28)13-26)18-12-25(3)21-16(18)7-8-19(24-21)31-14-17-15(2)6-5-9-23-17/h5-9,12H,4,10-11,13-14H2,1-3H3. The fourth-order valence-electron chi connectivity index (χ4n) is 3.62. The Morgan fingerprint density at radius 2 is 2.06 bits per heavy atom. The normalized spacial score (nSPS) is 14.2. The monoisotopic (exact) mass is 423 g/mol. The van der Waals surface area contributed by atoms with Crippen LogP contribution in [-0.4, -0.2) is 57.7 Å². The van der Waals surface area contributed by atoms with Gasteiger partial charge in [0.2, 0.25) is 11.8 Å². The Bertz CT molecular complexity index is 1130. The summed E-state index contributed by atoms with van der Waals surface area (Å²) in [6, 6.07) is 7.58. The third-order valence-electron chi connectivity index (χ3n) is 5.29. The highest BCUT2D eigenvalue weighted by Crippen LogP contribution is 2.30. The summed E-state index contributed by atoms with van der Waals surface area (Å²) in [4.78, 5) is 36.7. The number of ether oxygens (including phenoxy) is 2. The molecule has 162 valence electrons. The van der Waals surface area contributed by atoms with Crippen LogP contribution in [0, 0.1) is 6.92 Å². The number of hydrogen-bond acceptors (Lipinski definition) is 6. The van der Waals surface area contributed by atoms with Gasteiger partial charge in [-0.3, -0.25) is 14.7 Å². The third-order valence-corrected chi connectivity index (χ3v) is 5.29. The molecule has 1 aliphatic heterocycles. The van der Waals surface area contributed by atoms with Crippen LogP contribution < -0.4 is 9.64 Å². The average Bonchev–Trinajstić information content (AvgIpc) is 3.09. The Morgan fingerprint density at radius 3 is 2.81 bits per heavy atom. The summed E-state index contributed by atoms with van der Waals surface area (Å²) < 4.78 is 12.7. The number of nitrogens with zero attached hydrogens (tertiary/aromatic N) is 5. The average molecular weight is 423 g/mol. The van der Waals surface area contributed by atoms with Crippen LogP contribution in [0.25, 0.3) is 11.0 Å². The molecule has 0 N–H and O–H groups in total. The van der Waals surface area contributed by atoms with Crippen molar-refractivity contribution in [2.75, 3.05) is 31.1 Å². The molecule has 0 aromatic carbocycles. The fraction of sp³-hybridized carbons (Fsp3) is 0.364. The van der Waals surface area contributed by atoms with Gasteiger partial charge >= 0.3 is 6.09 Å². The van der Waals surface area contributed by atoms with Crippen molar-refractivity contribution in [1.82, 2.24) is 19.4 Å². The van der Waals surface area contributed by atoms with Crippen LogP contribution in [0.5, 0.6) is 5.88 Å². The maximum atomic E-state index is 12.7. The quantitative estimate of drug-likeness (QED) is 0.627. The fourth-order valence-corrected chi connectivity index (χ4v) is 3.62.